The second-order valence-electron chi connectivity index (χ2n) is 10.8. The fraction of sp³-hybridized carbons (Fsp3) is 0.577. The maximum atomic E-state index is 12.5. The van der Waals surface area contributed by atoms with Gasteiger partial charge in [-0.05, 0) is 52.0 Å². The van der Waals surface area contributed by atoms with Crippen molar-refractivity contribution in [2.45, 2.75) is 65.4 Å². The zero-order valence-corrected chi connectivity index (χ0v) is 21.3. The number of ether oxygens (including phenoxy) is 1. The van der Waals surface area contributed by atoms with Gasteiger partial charge in [-0.3, -0.25) is 4.79 Å². The van der Waals surface area contributed by atoms with Crippen molar-refractivity contribution in [3.8, 4) is 0 Å². The number of hydrogen-bond acceptors (Lipinski definition) is 5. The lowest BCUT2D eigenvalue weighted by atomic mass is 9.58. The van der Waals surface area contributed by atoms with Crippen LogP contribution in [0, 0.1) is 11.3 Å². The zero-order chi connectivity index (χ0) is 24.5. The highest BCUT2D eigenvalue weighted by Crippen LogP contribution is 2.52. The summed E-state index contributed by atoms with van der Waals surface area (Å²) in [7, 11) is 0. The molecule has 1 aliphatic heterocycles. The van der Waals surface area contributed by atoms with E-state index in [0.29, 0.717) is 23.2 Å². The number of halogens is 1. The zero-order valence-electron chi connectivity index (χ0n) is 20.5. The van der Waals surface area contributed by atoms with E-state index in [4.69, 9.17) is 16.3 Å². The average Bonchev–Trinajstić information content (AvgIpc) is 2.70. The molecule has 0 unspecified atom stereocenters. The molecule has 34 heavy (non-hydrogen) atoms. The number of nitrogens with one attached hydrogen (secondary N) is 2. The van der Waals surface area contributed by atoms with Gasteiger partial charge < -0.3 is 20.3 Å². The van der Waals surface area contributed by atoms with Crippen LogP contribution in [-0.2, 0) is 9.53 Å². The van der Waals surface area contributed by atoms with Gasteiger partial charge in [-0.25, -0.2) is 9.78 Å². The molecule has 1 aliphatic carbocycles. The van der Waals surface area contributed by atoms with E-state index in [2.05, 4.69) is 22.5 Å². The van der Waals surface area contributed by atoms with Gasteiger partial charge in [-0.2, -0.15) is 0 Å². The summed E-state index contributed by atoms with van der Waals surface area (Å²) < 4.78 is 5.48. The van der Waals surface area contributed by atoms with Gasteiger partial charge in [0.05, 0.1) is 11.2 Å². The predicted octanol–water partition coefficient (Wildman–Crippen LogP) is 6.08. The lowest BCUT2D eigenvalue weighted by Gasteiger charge is -2.58. The highest BCUT2D eigenvalue weighted by atomic mass is 35.5. The Bertz CT molecular complexity index is 1070. The summed E-state index contributed by atoms with van der Waals surface area (Å²) in [6.45, 7) is 10.0. The maximum absolute atomic E-state index is 12.5. The summed E-state index contributed by atoms with van der Waals surface area (Å²) in [6, 6.07) is 7.81. The molecule has 1 saturated heterocycles. The van der Waals surface area contributed by atoms with Crippen LogP contribution in [0.5, 0.6) is 0 Å². The highest BCUT2D eigenvalue weighted by Gasteiger charge is 2.54. The van der Waals surface area contributed by atoms with Crippen LogP contribution in [0.3, 0.4) is 0 Å². The summed E-state index contributed by atoms with van der Waals surface area (Å²) in [5.41, 5.74) is 1.92. The molecule has 2 aliphatic rings. The number of nitrogens with zero attached hydrogens (tertiary/aromatic N) is 2. The molecule has 7 nitrogen and oxygen atoms in total. The number of aromatic nitrogens is 1. The van der Waals surface area contributed by atoms with Crippen LogP contribution in [0.1, 0.15) is 59.8 Å². The van der Waals surface area contributed by atoms with Crippen LogP contribution in [0.15, 0.2) is 24.3 Å². The Kier molecular flexibility index (Phi) is 6.94. The number of carbonyl (C=O) groups is 2. The SMILES string of the molecule is CCCCC(=O)Nc1c(Cl)nc2ccccc2c1NCC1CC2(C1)CN(C(=O)OC(C)(C)C)C2. The molecule has 2 N–H and O–H groups in total. The monoisotopic (exact) mass is 486 g/mol. The summed E-state index contributed by atoms with van der Waals surface area (Å²) in [6.07, 6.45) is 4.15. The number of pyridine rings is 1. The highest BCUT2D eigenvalue weighted by molar-refractivity contribution is 6.34. The number of carbonyl (C=O) groups excluding carboxylic acids is 2. The van der Waals surface area contributed by atoms with Crippen molar-refractivity contribution in [3.05, 3.63) is 29.4 Å². The number of anilines is 2. The second kappa shape index (κ2) is 9.61. The summed E-state index contributed by atoms with van der Waals surface area (Å²) in [4.78, 5) is 31.0. The van der Waals surface area contributed by atoms with Gasteiger partial charge in [-0.15, -0.1) is 0 Å². The van der Waals surface area contributed by atoms with Gasteiger partial charge >= 0.3 is 6.09 Å². The van der Waals surface area contributed by atoms with E-state index in [1.807, 2.05) is 45.0 Å². The number of benzene rings is 1. The number of amides is 2. The Hall–Kier alpha value is -2.54. The number of para-hydroxylation sites is 1. The minimum absolute atomic E-state index is 0.0526. The van der Waals surface area contributed by atoms with E-state index in [1.165, 1.54) is 0 Å². The van der Waals surface area contributed by atoms with Crippen LogP contribution in [0.4, 0.5) is 16.2 Å². The third-order valence-corrected chi connectivity index (χ3v) is 6.86. The molecule has 1 aromatic heterocycles. The maximum Gasteiger partial charge on any atom is 0.410 e. The van der Waals surface area contributed by atoms with E-state index in [1.54, 1.807) is 4.90 Å². The molecule has 1 spiro atoms. The molecule has 0 atom stereocenters. The molecular formula is C26H35ClN4O3. The number of likely N-dealkylation sites (tertiary alicyclic amines) is 1. The molecule has 2 heterocycles. The Morgan fingerprint density at radius 1 is 1.21 bits per heavy atom. The molecule has 8 heteroatoms. The third kappa shape index (κ3) is 5.40. The van der Waals surface area contributed by atoms with Crippen molar-refractivity contribution in [1.82, 2.24) is 9.88 Å². The molecule has 0 radical (unpaired) electrons. The van der Waals surface area contributed by atoms with Gasteiger partial charge in [0.15, 0.2) is 5.15 Å². The van der Waals surface area contributed by atoms with E-state index in [9.17, 15) is 9.59 Å². The third-order valence-electron chi connectivity index (χ3n) is 6.59. The fourth-order valence-electron chi connectivity index (χ4n) is 5.05. The largest absolute Gasteiger partial charge is 0.444 e. The van der Waals surface area contributed by atoms with E-state index in [0.717, 1.165) is 61.9 Å². The first-order valence-electron chi connectivity index (χ1n) is 12.2. The van der Waals surface area contributed by atoms with Crippen LogP contribution in [0.25, 0.3) is 10.9 Å². The lowest BCUT2D eigenvalue weighted by molar-refractivity contribution is -0.116. The minimum atomic E-state index is -0.468. The number of fused-ring (bicyclic) bond motifs is 1. The van der Waals surface area contributed by atoms with E-state index >= 15 is 0 Å². The Morgan fingerprint density at radius 3 is 2.59 bits per heavy atom. The smallest absolute Gasteiger partial charge is 0.410 e. The van der Waals surface area contributed by atoms with Gasteiger partial charge in [-0.1, -0.05) is 43.1 Å². The van der Waals surface area contributed by atoms with Gasteiger partial charge in [0.1, 0.15) is 11.3 Å². The fourth-order valence-corrected chi connectivity index (χ4v) is 5.28. The summed E-state index contributed by atoms with van der Waals surface area (Å²) in [5, 5.41) is 7.79. The lowest BCUT2D eigenvalue weighted by Crippen LogP contribution is -2.64. The van der Waals surface area contributed by atoms with Crippen LogP contribution >= 0.6 is 11.6 Å². The number of rotatable bonds is 7. The minimum Gasteiger partial charge on any atom is -0.444 e. The Labute approximate surface area is 206 Å². The molecule has 184 valence electrons. The van der Waals surface area contributed by atoms with Crippen LogP contribution in [-0.4, -0.2) is 47.1 Å². The number of hydrogen-bond donors (Lipinski definition) is 2. The Balaban J connectivity index is 1.39. The predicted molar refractivity (Wildman–Crippen MR) is 136 cm³/mol. The van der Waals surface area contributed by atoms with Crippen LogP contribution in [0.2, 0.25) is 5.15 Å². The van der Waals surface area contributed by atoms with Crippen molar-refractivity contribution in [1.29, 1.82) is 0 Å². The summed E-state index contributed by atoms with van der Waals surface area (Å²) >= 11 is 6.50. The molecule has 1 saturated carbocycles. The molecular weight excluding hydrogens is 452 g/mol. The van der Waals surface area contributed by atoms with E-state index < -0.39 is 5.60 Å². The van der Waals surface area contributed by atoms with Crippen molar-refractivity contribution in [3.63, 3.8) is 0 Å². The van der Waals surface area contributed by atoms with Crippen molar-refractivity contribution in [2.75, 3.05) is 30.3 Å². The first kappa shape index (κ1) is 24.6. The first-order valence-corrected chi connectivity index (χ1v) is 12.6. The molecule has 2 amide bonds. The van der Waals surface area contributed by atoms with Gasteiger partial charge in [0, 0.05) is 36.9 Å². The summed E-state index contributed by atoms with van der Waals surface area (Å²) in [5.74, 6) is 0.443. The van der Waals surface area contributed by atoms with Crippen molar-refractivity contribution in [2.24, 2.45) is 11.3 Å². The molecule has 2 fully saturated rings. The topological polar surface area (TPSA) is 83.6 Å². The van der Waals surface area contributed by atoms with Crippen molar-refractivity contribution >= 4 is 45.9 Å². The standard InChI is InChI=1S/C26H35ClN4O3/c1-5-6-11-20(32)30-22-21(18-9-7-8-10-19(18)29-23(22)27)28-14-17-12-26(13-17)15-31(16-26)24(33)34-25(2,3)4/h7-10,17H,5-6,11-16H2,1-4H3,(H,28,29)(H,30,32). The first-order chi connectivity index (χ1) is 16.1. The molecule has 4 rings (SSSR count). The average molecular weight is 487 g/mol. The molecule has 0 bridgehead atoms. The molecule has 1 aromatic carbocycles. The van der Waals surface area contributed by atoms with Gasteiger partial charge in [0.2, 0.25) is 5.91 Å². The van der Waals surface area contributed by atoms with E-state index in [-0.39, 0.29) is 17.4 Å². The van der Waals surface area contributed by atoms with Crippen LogP contribution < -0.4 is 10.6 Å². The molecule has 2 aromatic rings. The Morgan fingerprint density at radius 2 is 1.91 bits per heavy atom. The van der Waals surface area contributed by atoms with Gasteiger partial charge in [0.25, 0.3) is 0 Å². The normalized spacial score (nSPS) is 17.3. The number of unbranched alkanes of at least 4 members (excludes halogenated alkanes) is 1. The second-order valence-corrected chi connectivity index (χ2v) is 11.2. The quantitative estimate of drug-likeness (QED) is 0.463. The van der Waals surface area contributed by atoms with Crippen molar-refractivity contribution < 1.29 is 14.3 Å².